The van der Waals surface area contributed by atoms with Gasteiger partial charge in [0.15, 0.2) is 5.82 Å². The average molecular weight is 221 g/mol. The van der Waals surface area contributed by atoms with E-state index in [9.17, 15) is 4.39 Å². The van der Waals surface area contributed by atoms with E-state index in [0.29, 0.717) is 30.9 Å². The molecule has 0 atom stereocenters. The van der Waals surface area contributed by atoms with Crippen LogP contribution < -0.4 is 5.73 Å². The van der Waals surface area contributed by atoms with Gasteiger partial charge in [0.1, 0.15) is 5.82 Å². The van der Waals surface area contributed by atoms with Crippen molar-refractivity contribution in [1.82, 2.24) is 20.2 Å². The number of benzene rings is 1. The number of hydrogen-bond donors (Lipinski definition) is 1. The first-order valence-corrected chi connectivity index (χ1v) is 5.00. The molecule has 2 aromatic rings. The number of tetrazole rings is 1. The summed E-state index contributed by atoms with van der Waals surface area (Å²) < 4.78 is 13.3. The van der Waals surface area contributed by atoms with Crippen LogP contribution in [0.15, 0.2) is 24.3 Å². The van der Waals surface area contributed by atoms with Gasteiger partial charge in [0.05, 0.1) is 6.54 Å². The quantitative estimate of drug-likeness (QED) is 0.809. The molecular formula is C10H12FN5. The Kier molecular flexibility index (Phi) is 3.21. The molecule has 84 valence electrons. The summed E-state index contributed by atoms with van der Waals surface area (Å²) in [6.45, 7) is 0.972. The predicted octanol–water partition coefficient (Wildman–Crippen LogP) is 0.362. The van der Waals surface area contributed by atoms with Crippen LogP contribution in [0.5, 0.6) is 0 Å². The molecule has 0 bridgehead atoms. The highest BCUT2D eigenvalue weighted by molar-refractivity contribution is 5.20. The van der Waals surface area contributed by atoms with E-state index in [4.69, 9.17) is 5.73 Å². The van der Waals surface area contributed by atoms with Crippen molar-refractivity contribution in [3.63, 3.8) is 0 Å². The van der Waals surface area contributed by atoms with Crippen LogP contribution in [0.2, 0.25) is 0 Å². The van der Waals surface area contributed by atoms with Crippen LogP contribution in [0.3, 0.4) is 0 Å². The molecule has 0 saturated carbocycles. The summed E-state index contributed by atoms with van der Waals surface area (Å²) in [6.07, 6.45) is 0.344. The van der Waals surface area contributed by atoms with Gasteiger partial charge in [0, 0.05) is 13.0 Å². The Balaban J connectivity index is 2.11. The standard InChI is InChI=1S/C10H12FN5/c11-9-4-2-1-3-8(9)7-10-13-15-16(14-10)6-5-12/h1-4H,5-7,12H2. The van der Waals surface area contributed by atoms with Crippen LogP contribution >= 0.6 is 0 Å². The molecule has 0 fully saturated rings. The van der Waals surface area contributed by atoms with Crippen LogP contribution in [-0.4, -0.2) is 26.8 Å². The molecule has 6 heteroatoms. The van der Waals surface area contributed by atoms with Crippen LogP contribution in [-0.2, 0) is 13.0 Å². The number of nitrogens with two attached hydrogens (primary N) is 1. The van der Waals surface area contributed by atoms with E-state index in [0.717, 1.165) is 0 Å². The van der Waals surface area contributed by atoms with Gasteiger partial charge < -0.3 is 5.73 Å². The van der Waals surface area contributed by atoms with Gasteiger partial charge in [-0.05, 0) is 16.8 Å². The van der Waals surface area contributed by atoms with Crippen molar-refractivity contribution in [3.8, 4) is 0 Å². The number of aromatic nitrogens is 4. The molecule has 0 spiro atoms. The normalized spacial score (nSPS) is 10.6. The zero-order chi connectivity index (χ0) is 11.4. The van der Waals surface area contributed by atoms with Gasteiger partial charge in [-0.3, -0.25) is 0 Å². The molecular weight excluding hydrogens is 209 g/mol. The summed E-state index contributed by atoms with van der Waals surface area (Å²) in [7, 11) is 0. The fraction of sp³-hybridized carbons (Fsp3) is 0.300. The monoisotopic (exact) mass is 221 g/mol. The predicted molar refractivity (Wildman–Crippen MR) is 56.1 cm³/mol. The Hall–Kier alpha value is -1.82. The smallest absolute Gasteiger partial charge is 0.179 e. The maximum atomic E-state index is 13.3. The van der Waals surface area contributed by atoms with Crippen molar-refractivity contribution >= 4 is 0 Å². The third kappa shape index (κ3) is 2.40. The van der Waals surface area contributed by atoms with Gasteiger partial charge in [-0.15, -0.1) is 10.2 Å². The van der Waals surface area contributed by atoms with Crippen molar-refractivity contribution in [2.24, 2.45) is 5.73 Å². The first kappa shape index (κ1) is 10.7. The first-order valence-electron chi connectivity index (χ1n) is 5.00. The zero-order valence-electron chi connectivity index (χ0n) is 8.67. The number of halogens is 1. The molecule has 0 aliphatic rings. The minimum absolute atomic E-state index is 0.252. The first-order chi connectivity index (χ1) is 7.79. The van der Waals surface area contributed by atoms with E-state index >= 15 is 0 Å². The molecule has 2 rings (SSSR count). The van der Waals surface area contributed by atoms with Gasteiger partial charge in [-0.2, -0.15) is 4.80 Å². The lowest BCUT2D eigenvalue weighted by molar-refractivity contribution is 0.529. The van der Waals surface area contributed by atoms with Crippen molar-refractivity contribution in [3.05, 3.63) is 41.5 Å². The molecule has 2 N–H and O–H groups in total. The summed E-state index contributed by atoms with van der Waals surface area (Å²) in [5.41, 5.74) is 5.92. The highest BCUT2D eigenvalue weighted by atomic mass is 19.1. The Morgan fingerprint density at radius 1 is 1.31 bits per heavy atom. The second kappa shape index (κ2) is 4.80. The fourth-order valence-electron chi connectivity index (χ4n) is 1.37. The van der Waals surface area contributed by atoms with Gasteiger partial charge in [0.2, 0.25) is 0 Å². The Morgan fingerprint density at radius 2 is 2.12 bits per heavy atom. The molecule has 0 aliphatic carbocycles. The largest absolute Gasteiger partial charge is 0.329 e. The zero-order valence-corrected chi connectivity index (χ0v) is 8.67. The van der Waals surface area contributed by atoms with Gasteiger partial charge >= 0.3 is 0 Å². The van der Waals surface area contributed by atoms with E-state index < -0.39 is 0 Å². The Labute approximate surface area is 92.1 Å². The van der Waals surface area contributed by atoms with Crippen LogP contribution in [0.25, 0.3) is 0 Å². The molecule has 5 nitrogen and oxygen atoms in total. The third-order valence-electron chi connectivity index (χ3n) is 2.13. The molecule has 0 saturated heterocycles. The highest BCUT2D eigenvalue weighted by Gasteiger charge is 2.06. The maximum absolute atomic E-state index is 13.3. The molecule has 0 aliphatic heterocycles. The fourth-order valence-corrected chi connectivity index (χ4v) is 1.37. The molecule has 1 aromatic heterocycles. The number of nitrogens with zero attached hydrogens (tertiary/aromatic N) is 4. The van der Waals surface area contributed by atoms with Crippen molar-refractivity contribution in [1.29, 1.82) is 0 Å². The second-order valence-electron chi connectivity index (χ2n) is 3.36. The highest BCUT2D eigenvalue weighted by Crippen LogP contribution is 2.09. The van der Waals surface area contributed by atoms with Gasteiger partial charge in [-0.1, -0.05) is 18.2 Å². The summed E-state index contributed by atoms with van der Waals surface area (Å²) in [4.78, 5) is 1.41. The lowest BCUT2D eigenvalue weighted by Gasteiger charge is -1.98. The number of rotatable bonds is 4. The summed E-state index contributed by atoms with van der Waals surface area (Å²) >= 11 is 0. The van der Waals surface area contributed by atoms with E-state index in [1.807, 2.05) is 0 Å². The average Bonchev–Trinajstić information content (AvgIpc) is 2.70. The Bertz CT molecular complexity index is 468. The van der Waals surface area contributed by atoms with Crippen LogP contribution in [0.1, 0.15) is 11.4 Å². The van der Waals surface area contributed by atoms with E-state index in [1.54, 1.807) is 18.2 Å². The third-order valence-corrected chi connectivity index (χ3v) is 2.13. The van der Waals surface area contributed by atoms with Crippen molar-refractivity contribution < 1.29 is 4.39 Å². The van der Waals surface area contributed by atoms with Crippen LogP contribution in [0.4, 0.5) is 4.39 Å². The van der Waals surface area contributed by atoms with Gasteiger partial charge in [0.25, 0.3) is 0 Å². The lowest BCUT2D eigenvalue weighted by atomic mass is 10.1. The van der Waals surface area contributed by atoms with E-state index in [-0.39, 0.29) is 5.82 Å². The maximum Gasteiger partial charge on any atom is 0.179 e. The Morgan fingerprint density at radius 3 is 2.88 bits per heavy atom. The van der Waals surface area contributed by atoms with E-state index in [2.05, 4.69) is 15.4 Å². The molecule has 1 heterocycles. The minimum Gasteiger partial charge on any atom is -0.329 e. The molecule has 1 aromatic carbocycles. The summed E-state index contributed by atoms with van der Waals surface area (Å²) in [5.74, 6) is 0.247. The van der Waals surface area contributed by atoms with Crippen molar-refractivity contribution in [2.45, 2.75) is 13.0 Å². The molecule has 0 radical (unpaired) electrons. The van der Waals surface area contributed by atoms with Crippen molar-refractivity contribution in [2.75, 3.05) is 6.54 Å². The van der Waals surface area contributed by atoms with Crippen LogP contribution in [0, 0.1) is 5.82 Å². The molecule has 0 unspecified atom stereocenters. The minimum atomic E-state index is -0.252. The summed E-state index contributed by atoms with van der Waals surface area (Å²) in [6, 6.07) is 6.55. The SMILES string of the molecule is NCCn1nnc(Cc2ccccc2F)n1. The second-order valence-corrected chi connectivity index (χ2v) is 3.36. The molecule has 16 heavy (non-hydrogen) atoms. The topological polar surface area (TPSA) is 69.6 Å². The van der Waals surface area contributed by atoms with Gasteiger partial charge in [-0.25, -0.2) is 4.39 Å². The van der Waals surface area contributed by atoms with E-state index in [1.165, 1.54) is 10.9 Å². The lowest BCUT2D eigenvalue weighted by Crippen LogP contribution is -2.12. The molecule has 0 amide bonds. The summed E-state index contributed by atoms with van der Waals surface area (Å²) in [5, 5.41) is 11.7. The number of hydrogen-bond acceptors (Lipinski definition) is 4.